The van der Waals surface area contributed by atoms with Crippen LogP contribution in [0.5, 0.6) is 5.75 Å². The summed E-state index contributed by atoms with van der Waals surface area (Å²) in [5.41, 5.74) is 1.76. The summed E-state index contributed by atoms with van der Waals surface area (Å²) >= 11 is 0. The normalized spacial score (nSPS) is 14.9. The molecule has 4 aromatic rings. The van der Waals surface area contributed by atoms with Crippen molar-refractivity contribution in [3.63, 3.8) is 0 Å². The minimum Gasteiger partial charge on any atom is -0.497 e. The first-order valence-electron chi connectivity index (χ1n) is 17.0. The molecular formula is C38H44N4O8S. The van der Waals surface area contributed by atoms with Gasteiger partial charge in [-0.2, -0.15) is 4.72 Å². The number of carbonyl (C=O) groups excluding carboxylic acids is 3. The smallest absolute Gasteiger partial charge is 0.407 e. The highest BCUT2D eigenvalue weighted by Gasteiger charge is 2.36. The van der Waals surface area contributed by atoms with Gasteiger partial charge in [-0.15, -0.1) is 0 Å². The van der Waals surface area contributed by atoms with Gasteiger partial charge in [0.15, 0.2) is 0 Å². The summed E-state index contributed by atoms with van der Waals surface area (Å²) in [5, 5.41) is 7.05. The predicted octanol–water partition coefficient (Wildman–Crippen LogP) is 4.53. The van der Waals surface area contributed by atoms with Gasteiger partial charge in [-0.1, -0.05) is 72.8 Å². The molecule has 2 atom stereocenters. The number of hydrogen-bond acceptors (Lipinski definition) is 8. The van der Waals surface area contributed by atoms with E-state index in [0.29, 0.717) is 36.9 Å². The first-order chi connectivity index (χ1) is 24.7. The summed E-state index contributed by atoms with van der Waals surface area (Å²) in [7, 11) is -2.61. The number of likely N-dealkylation sites (tertiary alicyclic amines) is 1. The molecular weight excluding hydrogens is 673 g/mol. The summed E-state index contributed by atoms with van der Waals surface area (Å²) in [6.07, 6.45) is 1.38. The second-order valence-electron chi connectivity index (χ2n) is 12.3. The Bertz CT molecular complexity index is 1880. The summed E-state index contributed by atoms with van der Waals surface area (Å²) in [6.45, 7) is 1.07. The van der Waals surface area contributed by atoms with Gasteiger partial charge in [0.05, 0.1) is 25.2 Å². The summed E-state index contributed by atoms with van der Waals surface area (Å²) in [6, 6.07) is 27.4. The van der Waals surface area contributed by atoms with Gasteiger partial charge in [0.1, 0.15) is 18.4 Å². The molecule has 0 radical (unpaired) electrons. The molecule has 3 N–H and O–H groups in total. The average molecular weight is 717 g/mol. The Morgan fingerprint density at radius 3 is 2.29 bits per heavy atom. The molecule has 0 aromatic heterocycles. The number of carbonyl (C=O) groups is 3. The van der Waals surface area contributed by atoms with E-state index in [0.717, 1.165) is 16.5 Å². The van der Waals surface area contributed by atoms with Crippen LogP contribution in [0, 0.1) is 0 Å². The van der Waals surface area contributed by atoms with Gasteiger partial charge in [0.2, 0.25) is 21.8 Å². The van der Waals surface area contributed by atoms with Crippen LogP contribution in [0.4, 0.5) is 4.79 Å². The quantitative estimate of drug-likeness (QED) is 0.135. The number of alkyl carbamates (subject to hydrolysis) is 1. The Kier molecular flexibility index (Phi) is 13.4. The van der Waals surface area contributed by atoms with E-state index in [-0.39, 0.29) is 56.2 Å². The molecule has 13 heteroatoms. The van der Waals surface area contributed by atoms with Gasteiger partial charge in [0.25, 0.3) is 0 Å². The SMILES string of the molecule is COc1ccc2ccc(S(=O)(=O)N[C@@H](COCc3ccccc3)C(=O)N3CCC[C@H]3CNC(=O)CCCNC(=O)OCc3ccccc3)cc2c1. The maximum absolute atomic E-state index is 14.0. The third kappa shape index (κ3) is 11.0. The maximum atomic E-state index is 14.0. The van der Waals surface area contributed by atoms with Gasteiger partial charge >= 0.3 is 6.09 Å². The number of nitrogens with one attached hydrogen (secondary N) is 3. The molecule has 1 aliphatic heterocycles. The Balaban J connectivity index is 1.16. The second-order valence-corrected chi connectivity index (χ2v) is 14.0. The first kappa shape index (κ1) is 37.3. The van der Waals surface area contributed by atoms with Crippen molar-refractivity contribution >= 4 is 38.7 Å². The van der Waals surface area contributed by atoms with Gasteiger partial charge in [-0.3, -0.25) is 9.59 Å². The molecule has 0 aliphatic carbocycles. The largest absolute Gasteiger partial charge is 0.497 e. The fraction of sp³-hybridized carbons (Fsp3) is 0.342. The minimum atomic E-state index is -4.15. The summed E-state index contributed by atoms with van der Waals surface area (Å²) in [4.78, 5) is 40.2. The predicted molar refractivity (Wildman–Crippen MR) is 192 cm³/mol. The number of benzene rings is 4. The van der Waals surface area contributed by atoms with Crippen LogP contribution in [0.3, 0.4) is 0 Å². The van der Waals surface area contributed by atoms with E-state index in [1.807, 2.05) is 66.7 Å². The maximum Gasteiger partial charge on any atom is 0.407 e. The third-order valence-electron chi connectivity index (χ3n) is 8.58. The zero-order chi connectivity index (χ0) is 36.1. The molecule has 0 saturated carbocycles. The van der Waals surface area contributed by atoms with Crippen molar-refractivity contribution < 1.29 is 37.0 Å². The molecule has 0 unspecified atom stereocenters. The number of nitrogens with zero attached hydrogens (tertiary/aromatic N) is 1. The van der Waals surface area contributed by atoms with Crippen LogP contribution < -0.4 is 20.1 Å². The lowest BCUT2D eigenvalue weighted by Crippen LogP contribution is -2.53. The topological polar surface area (TPSA) is 152 Å². The van der Waals surface area contributed by atoms with Crippen LogP contribution in [0.15, 0.2) is 102 Å². The lowest BCUT2D eigenvalue weighted by molar-refractivity contribution is -0.136. The fourth-order valence-corrected chi connectivity index (χ4v) is 7.06. The van der Waals surface area contributed by atoms with E-state index in [1.165, 1.54) is 6.07 Å². The number of methoxy groups -OCH3 is 1. The highest BCUT2D eigenvalue weighted by atomic mass is 32.2. The van der Waals surface area contributed by atoms with Crippen LogP contribution in [0.2, 0.25) is 0 Å². The van der Waals surface area contributed by atoms with Crippen LogP contribution in [-0.4, -0.2) is 76.7 Å². The number of hydrogen-bond donors (Lipinski definition) is 3. The van der Waals surface area contributed by atoms with Crippen LogP contribution in [0.1, 0.15) is 36.8 Å². The van der Waals surface area contributed by atoms with Gasteiger partial charge in [0, 0.05) is 32.1 Å². The van der Waals surface area contributed by atoms with E-state index >= 15 is 0 Å². The van der Waals surface area contributed by atoms with Crippen LogP contribution in [-0.2, 0) is 42.3 Å². The van der Waals surface area contributed by atoms with Gasteiger partial charge < -0.3 is 29.7 Å². The number of sulfonamides is 1. The highest BCUT2D eigenvalue weighted by molar-refractivity contribution is 7.89. The van der Waals surface area contributed by atoms with Crippen molar-refractivity contribution in [3.05, 3.63) is 108 Å². The molecule has 5 rings (SSSR count). The summed E-state index contributed by atoms with van der Waals surface area (Å²) < 4.78 is 46.4. The molecule has 4 aromatic carbocycles. The Morgan fingerprint density at radius 2 is 1.57 bits per heavy atom. The van der Waals surface area contributed by atoms with Crippen molar-refractivity contribution in [2.75, 3.05) is 33.4 Å². The molecule has 0 bridgehead atoms. The molecule has 1 heterocycles. The first-order valence-corrected chi connectivity index (χ1v) is 18.4. The van der Waals surface area contributed by atoms with Crippen LogP contribution in [0.25, 0.3) is 10.8 Å². The standard InChI is InChI=1S/C38H44N4O8S/c1-48-33-18-16-30-17-19-34(23-31(30)22-33)51(46,47)41-35(27-49-25-28-10-4-2-5-11-28)37(44)42-21-9-14-32(42)24-40-36(43)15-8-20-39-38(45)50-26-29-12-6-3-7-13-29/h2-7,10-13,16-19,22-23,32,35,41H,8-9,14-15,20-21,24-27H2,1H3,(H,39,45)(H,40,43)/t32-,35-/m0/s1. The van der Waals surface area contributed by atoms with Crippen molar-refractivity contribution in [1.29, 1.82) is 0 Å². The Hall–Kier alpha value is -4.98. The molecule has 1 saturated heterocycles. The van der Waals surface area contributed by atoms with E-state index in [9.17, 15) is 22.8 Å². The van der Waals surface area contributed by atoms with Crippen molar-refractivity contribution in [3.8, 4) is 5.75 Å². The van der Waals surface area contributed by atoms with Crippen molar-refractivity contribution in [2.45, 2.75) is 55.9 Å². The molecule has 51 heavy (non-hydrogen) atoms. The zero-order valence-electron chi connectivity index (χ0n) is 28.6. The highest BCUT2D eigenvalue weighted by Crippen LogP contribution is 2.25. The summed E-state index contributed by atoms with van der Waals surface area (Å²) in [5.74, 6) is -0.0513. The minimum absolute atomic E-state index is 0.00768. The third-order valence-corrected chi connectivity index (χ3v) is 10.0. The van der Waals surface area contributed by atoms with E-state index in [1.54, 1.807) is 36.3 Å². The molecule has 1 fully saturated rings. The molecule has 3 amide bonds. The van der Waals surface area contributed by atoms with E-state index < -0.39 is 28.1 Å². The van der Waals surface area contributed by atoms with E-state index in [2.05, 4.69) is 15.4 Å². The number of ether oxygens (including phenoxy) is 3. The Labute approximate surface area is 298 Å². The zero-order valence-corrected chi connectivity index (χ0v) is 29.4. The number of fused-ring (bicyclic) bond motifs is 1. The second kappa shape index (κ2) is 18.3. The number of amides is 3. The molecule has 1 aliphatic rings. The van der Waals surface area contributed by atoms with Crippen molar-refractivity contribution in [2.24, 2.45) is 0 Å². The average Bonchev–Trinajstić information content (AvgIpc) is 3.63. The Morgan fingerprint density at radius 1 is 0.863 bits per heavy atom. The number of rotatable bonds is 17. The van der Waals surface area contributed by atoms with Gasteiger partial charge in [-0.05, 0) is 65.4 Å². The van der Waals surface area contributed by atoms with Crippen molar-refractivity contribution in [1.82, 2.24) is 20.3 Å². The lowest BCUT2D eigenvalue weighted by Gasteiger charge is -2.29. The van der Waals surface area contributed by atoms with Gasteiger partial charge in [-0.25, -0.2) is 13.2 Å². The monoisotopic (exact) mass is 716 g/mol. The van der Waals surface area contributed by atoms with E-state index in [4.69, 9.17) is 14.2 Å². The lowest BCUT2D eigenvalue weighted by atomic mass is 10.1. The fourth-order valence-electron chi connectivity index (χ4n) is 5.85. The van der Waals surface area contributed by atoms with Crippen LogP contribution >= 0.6 is 0 Å². The molecule has 0 spiro atoms. The molecule has 270 valence electrons. The molecule has 12 nitrogen and oxygen atoms in total.